The van der Waals surface area contributed by atoms with Gasteiger partial charge in [0.05, 0.1) is 18.7 Å². The van der Waals surface area contributed by atoms with Crippen molar-refractivity contribution in [2.24, 2.45) is 5.73 Å². The molecule has 3 N–H and O–H groups in total. The minimum atomic E-state index is -0.990. The summed E-state index contributed by atoms with van der Waals surface area (Å²) in [6.45, 7) is 0.878. The van der Waals surface area contributed by atoms with Gasteiger partial charge in [-0.3, -0.25) is 4.79 Å². The first kappa shape index (κ1) is 20.8. The van der Waals surface area contributed by atoms with Crippen LogP contribution in [0, 0.1) is 17.1 Å². The van der Waals surface area contributed by atoms with E-state index in [9.17, 15) is 14.4 Å². The number of nitrogens with one attached hydrogen (secondary N) is 1. The number of hydrogen-bond acceptors (Lipinski definition) is 5. The zero-order valence-electron chi connectivity index (χ0n) is 16.3. The van der Waals surface area contributed by atoms with Crippen LogP contribution in [0.2, 0.25) is 0 Å². The molecule has 2 aromatic carbocycles. The molecule has 152 valence electrons. The Kier molecular flexibility index (Phi) is 6.47. The summed E-state index contributed by atoms with van der Waals surface area (Å²) in [6, 6.07) is 13.7. The summed E-state index contributed by atoms with van der Waals surface area (Å²) < 4.78 is 24.1. The zero-order chi connectivity index (χ0) is 20.9. The lowest BCUT2D eigenvalue weighted by atomic mass is 9.90. The Hall–Kier alpha value is -2.95. The molecule has 1 unspecified atom stereocenters. The second-order valence-electron chi connectivity index (χ2n) is 7.17. The lowest BCUT2D eigenvalue weighted by Gasteiger charge is -2.32. The van der Waals surface area contributed by atoms with Crippen LogP contribution in [0.4, 0.5) is 4.39 Å². The Balaban J connectivity index is 1.65. The first-order valence-corrected chi connectivity index (χ1v) is 9.45. The second kappa shape index (κ2) is 9.03. The Morgan fingerprint density at radius 2 is 1.93 bits per heavy atom. The van der Waals surface area contributed by atoms with Crippen molar-refractivity contribution in [3.05, 3.63) is 53.8 Å². The van der Waals surface area contributed by atoms with Gasteiger partial charge in [-0.05, 0) is 41.7 Å². The molecule has 0 bridgehead atoms. The van der Waals surface area contributed by atoms with E-state index in [0.29, 0.717) is 32.5 Å². The Morgan fingerprint density at radius 1 is 1.28 bits per heavy atom. The van der Waals surface area contributed by atoms with E-state index >= 15 is 0 Å². The standard InChI is InChI=1S/C22H24FN3O3/c1-28-20-7-6-17(13-19(20)23)16-4-2-15(3-5-16)12-18(14-24)26-21(27)22(25)8-10-29-11-9-22/h2-7,13,18H,8-12,25H2,1H3,(H,26,27). The van der Waals surface area contributed by atoms with Crippen LogP contribution < -0.4 is 15.8 Å². The summed E-state index contributed by atoms with van der Waals surface area (Å²) in [5.74, 6) is -0.553. The van der Waals surface area contributed by atoms with Gasteiger partial charge in [-0.15, -0.1) is 0 Å². The quantitative estimate of drug-likeness (QED) is 0.781. The van der Waals surface area contributed by atoms with Gasteiger partial charge >= 0.3 is 0 Å². The van der Waals surface area contributed by atoms with Crippen LogP contribution >= 0.6 is 0 Å². The number of nitrogens with two attached hydrogens (primary N) is 1. The van der Waals surface area contributed by atoms with E-state index in [1.165, 1.54) is 13.2 Å². The van der Waals surface area contributed by atoms with Crippen molar-refractivity contribution < 1.29 is 18.7 Å². The number of hydrogen-bond donors (Lipinski definition) is 2. The molecular weight excluding hydrogens is 373 g/mol. The molecular formula is C22H24FN3O3. The van der Waals surface area contributed by atoms with Crippen LogP contribution in [0.1, 0.15) is 18.4 Å². The summed E-state index contributed by atoms with van der Waals surface area (Å²) in [4.78, 5) is 12.5. The van der Waals surface area contributed by atoms with E-state index in [4.69, 9.17) is 15.2 Å². The number of nitriles is 1. The van der Waals surface area contributed by atoms with Crippen LogP contribution in [0.5, 0.6) is 5.75 Å². The van der Waals surface area contributed by atoms with Gasteiger partial charge in [0.15, 0.2) is 11.6 Å². The van der Waals surface area contributed by atoms with E-state index in [2.05, 4.69) is 11.4 Å². The SMILES string of the molecule is COc1ccc(-c2ccc(CC(C#N)NC(=O)C3(N)CCOCC3)cc2)cc1F. The van der Waals surface area contributed by atoms with Crippen molar-refractivity contribution in [2.45, 2.75) is 30.8 Å². The van der Waals surface area contributed by atoms with Gasteiger partial charge < -0.3 is 20.5 Å². The largest absolute Gasteiger partial charge is 0.494 e. The summed E-state index contributed by atoms with van der Waals surface area (Å²) in [7, 11) is 1.42. The molecule has 0 aliphatic carbocycles. The zero-order valence-corrected chi connectivity index (χ0v) is 16.3. The molecule has 1 aliphatic heterocycles. The van der Waals surface area contributed by atoms with Crippen molar-refractivity contribution in [1.82, 2.24) is 5.32 Å². The number of rotatable bonds is 6. The first-order valence-electron chi connectivity index (χ1n) is 9.45. The average Bonchev–Trinajstić information content (AvgIpc) is 2.74. The van der Waals surface area contributed by atoms with Crippen LogP contribution in [0.3, 0.4) is 0 Å². The predicted octanol–water partition coefficient (Wildman–Crippen LogP) is 2.56. The van der Waals surface area contributed by atoms with Gasteiger partial charge in [-0.25, -0.2) is 4.39 Å². The highest BCUT2D eigenvalue weighted by atomic mass is 19.1. The first-order chi connectivity index (χ1) is 13.9. The topological polar surface area (TPSA) is 97.4 Å². The third-order valence-electron chi connectivity index (χ3n) is 5.18. The number of carbonyl (C=O) groups is 1. The lowest BCUT2D eigenvalue weighted by molar-refractivity contribution is -0.130. The number of nitrogens with zero attached hydrogens (tertiary/aromatic N) is 1. The molecule has 1 aliphatic rings. The average molecular weight is 397 g/mol. The van der Waals surface area contributed by atoms with Crippen LogP contribution in [0.15, 0.2) is 42.5 Å². The van der Waals surface area contributed by atoms with E-state index in [-0.39, 0.29) is 11.7 Å². The number of carbonyl (C=O) groups excluding carboxylic acids is 1. The number of methoxy groups -OCH3 is 1. The molecule has 29 heavy (non-hydrogen) atoms. The molecule has 1 heterocycles. The van der Waals surface area contributed by atoms with Gasteiger partial charge in [0, 0.05) is 19.6 Å². The molecule has 0 radical (unpaired) electrons. The van der Waals surface area contributed by atoms with Gasteiger partial charge in [0.25, 0.3) is 0 Å². The molecule has 0 spiro atoms. The van der Waals surface area contributed by atoms with Gasteiger partial charge in [0.1, 0.15) is 6.04 Å². The number of ether oxygens (including phenoxy) is 2. The number of amides is 1. The minimum absolute atomic E-state index is 0.195. The molecule has 1 fully saturated rings. The molecule has 1 amide bonds. The van der Waals surface area contributed by atoms with E-state index in [1.807, 2.05) is 24.3 Å². The fraction of sp³-hybridized carbons (Fsp3) is 0.364. The smallest absolute Gasteiger partial charge is 0.241 e. The maximum absolute atomic E-state index is 13.9. The van der Waals surface area contributed by atoms with E-state index < -0.39 is 17.4 Å². The van der Waals surface area contributed by atoms with E-state index in [0.717, 1.165) is 16.7 Å². The molecule has 0 aromatic heterocycles. The van der Waals surface area contributed by atoms with Crippen LogP contribution in [0.25, 0.3) is 11.1 Å². The van der Waals surface area contributed by atoms with Gasteiger partial charge in [-0.1, -0.05) is 30.3 Å². The highest BCUT2D eigenvalue weighted by molar-refractivity contribution is 5.86. The maximum Gasteiger partial charge on any atom is 0.241 e. The highest BCUT2D eigenvalue weighted by Crippen LogP contribution is 2.26. The van der Waals surface area contributed by atoms with Gasteiger partial charge in [0.2, 0.25) is 5.91 Å². The monoisotopic (exact) mass is 397 g/mol. The Labute approximate surface area is 169 Å². The lowest BCUT2D eigenvalue weighted by Crippen LogP contribution is -2.58. The van der Waals surface area contributed by atoms with E-state index in [1.54, 1.807) is 12.1 Å². The van der Waals surface area contributed by atoms with Crippen molar-refractivity contribution in [2.75, 3.05) is 20.3 Å². The third kappa shape index (κ3) is 4.91. The van der Waals surface area contributed by atoms with Crippen LogP contribution in [-0.4, -0.2) is 37.8 Å². The predicted molar refractivity (Wildman–Crippen MR) is 107 cm³/mol. The molecule has 0 saturated carbocycles. The minimum Gasteiger partial charge on any atom is -0.494 e. The Bertz CT molecular complexity index is 903. The van der Waals surface area contributed by atoms with Crippen LogP contribution in [-0.2, 0) is 16.0 Å². The fourth-order valence-electron chi connectivity index (χ4n) is 3.31. The van der Waals surface area contributed by atoms with Crippen molar-refractivity contribution in [1.29, 1.82) is 5.26 Å². The molecule has 2 aromatic rings. The molecule has 6 nitrogen and oxygen atoms in total. The Morgan fingerprint density at radius 3 is 2.52 bits per heavy atom. The fourth-order valence-corrected chi connectivity index (χ4v) is 3.31. The summed E-state index contributed by atoms with van der Waals surface area (Å²) in [5, 5.41) is 12.2. The highest BCUT2D eigenvalue weighted by Gasteiger charge is 2.36. The number of benzene rings is 2. The molecule has 1 atom stereocenters. The maximum atomic E-state index is 13.9. The van der Waals surface area contributed by atoms with Crippen molar-refractivity contribution in [3.8, 4) is 22.9 Å². The molecule has 1 saturated heterocycles. The van der Waals surface area contributed by atoms with Gasteiger partial charge in [-0.2, -0.15) is 5.26 Å². The summed E-state index contributed by atoms with van der Waals surface area (Å²) in [5.41, 5.74) is 7.64. The molecule has 7 heteroatoms. The molecule has 3 rings (SSSR count). The third-order valence-corrected chi connectivity index (χ3v) is 5.18. The van der Waals surface area contributed by atoms with Crippen molar-refractivity contribution in [3.63, 3.8) is 0 Å². The summed E-state index contributed by atoms with van der Waals surface area (Å²) in [6.07, 6.45) is 1.22. The summed E-state index contributed by atoms with van der Waals surface area (Å²) >= 11 is 0. The number of halogens is 1. The normalized spacial score (nSPS) is 16.5. The second-order valence-corrected chi connectivity index (χ2v) is 7.17. The van der Waals surface area contributed by atoms with Crippen molar-refractivity contribution >= 4 is 5.91 Å².